The summed E-state index contributed by atoms with van der Waals surface area (Å²) >= 11 is 0. The summed E-state index contributed by atoms with van der Waals surface area (Å²) < 4.78 is 5.26. The van der Waals surface area contributed by atoms with Crippen LogP contribution in [0.1, 0.15) is 29.8 Å². The molecular formula is C12H18ClN3O2. The Balaban J connectivity index is 0.00000162. The van der Waals surface area contributed by atoms with Gasteiger partial charge in [-0.3, -0.25) is 4.79 Å². The molecule has 0 aromatic carbocycles. The van der Waals surface area contributed by atoms with E-state index in [0.29, 0.717) is 11.5 Å². The summed E-state index contributed by atoms with van der Waals surface area (Å²) in [5, 5.41) is 2.95. The van der Waals surface area contributed by atoms with E-state index in [-0.39, 0.29) is 30.5 Å². The van der Waals surface area contributed by atoms with Crippen LogP contribution in [-0.4, -0.2) is 30.1 Å². The third-order valence-corrected chi connectivity index (χ3v) is 3.06. The van der Waals surface area contributed by atoms with Gasteiger partial charge < -0.3 is 15.8 Å². The van der Waals surface area contributed by atoms with E-state index in [2.05, 4.69) is 10.3 Å². The topological polar surface area (TPSA) is 77.2 Å². The Morgan fingerprint density at radius 3 is 2.89 bits per heavy atom. The molecule has 1 aliphatic rings. The summed E-state index contributed by atoms with van der Waals surface area (Å²) in [6, 6.07) is 5.22. The highest BCUT2D eigenvalue weighted by atomic mass is 35.5. The van der Waals surface area contributed by atoms with Gasteiger partial charge in [0, 0.05) is 13.2 Å². The summed E-state index contributed by atoms with van der Waals surface area (Å²) in [6.45, 7) is 0. The van der Waals surface area contributed by atoms with Crippen LogP contribution >= 0.6 is 12.4 Å². The van der Waals surface area contributed by atoms with Gasteiger partial charge in [0.25, 0.3) is 5.91 Å². The minimum absolute atomic E-state index is 0. The van der Waals surface area contributed by atoms with Crippen LogP contribution < -0.4 is 11.1 Å². The second-order valence-electron chi connectivity index (χ2n) is 4.29. The number of carbonyl (C=O) groups is 1. The maximum Gasteiger partial charge on any atom is 0.270 e. The second-order valence-corrected chi connectivity index (χ2v) is 4.29. The maximum atomic E-state index is 11.9. The Labute approximate surface area is 113 Å². The van der Waals surface area contributed by atoms with Gasteiger partial charge in [-0.15, -0.1) is 12.4 Å². The minimum Gasteiger partial charge on any atom is -0.384 e. The number of hydrogen-bond donors (Lipinski definition) is 2. The van der Waals surface area contributed by atoms with Crippen molar-refractivity contribution in [3.8, 4) is 0 Å². The molecule has 18 heavy (non-hydrogen) atoms. The lowest BCUT2D eigenvalue weighted by Crippen LogP contribution is -2.34. The smallest absolute Gasteiger partial charge is 0.270 e. The highest BCUT2D eigenvalue weighted by Crippen LogP contribution is 2.21. The van der Waals surface area contributed by atoms with Gasteiger partial charge in [0.05, 0.1) is 6.10 Å². The first-order chi connectivity index (χ1) is 8.19. The van der Waals surface area contributed by atoms with Crippen molar-refractivity contribution < 1.29 is 9.53 Å². The Bertz CT molecular complexity index is 414. The molecule has 2 unspecified atom stereocenters. The van der Waals surface area contributed by atoms with E-state index in [4.69, 9.17) is 10.5 Å². The molecule has 100 valence electrons. The molecule has 1 aromatic heterocycles. The summed E-state index contributed by atoms with van der Waals surface area (Å²) in [5.41, 5.74) is 5.90. The fourth-order valence-electron chi connectivity index (χ4n) is 2.12. The van der Waals surface area contributed by atoms with E-state index in [9.17, 15) is 4.79 Å². The van der Waals surface area contributed by atoms with E-state index in [0.717, 1.165) is 19.3 Å². The fraction of sp³-hybridized carbons (Fsp3) is 0.500. The molecule has 0 aliphatic heterocycles. The summed E-state index contributed by atoms with van der Waals surface area (Å²) in [6.07, 6.45) is 3.07. The first-order valence-electron chi connectivity index (χ1n) is 5.75. The van der Waals surface area contributed by atoms with E-state index < -0.39 is 0 Å². The van der Waals surface area contributed by atoms with Crippen LogP contribution in [0.3, 0.4) is 0 Å². The number of amides is 1. The number of hydrogen-bond acceptors (Lipinski definition) is 4. The number of nitrogen functional groups attached to an aromatic ring is 1. The first-order valence-corrected chi connectivity index (χ1v) is 5.75. The number of nitrogens with zero attached hydrogens (tertiary/aromatic N) is 1. The molecule has 5 nitrogen and oxygen atoms in total. The molecule has 1 heterocycles. The van der Waals surface area contributed by atoms with E-state index >= 15 is 0 Å². The van der Waals surface area contributed by atoms with Crippen LogP contribution in [0.2, 0.25) is 0 Å². The average Bonchev–Trinajstić information content (AvgIpc) is 2.77. The molecule has 1 aromatic rings. The van der Waals surface area contributed by atoms with Gasteiger partial charge in [0.15, 0.2) is 0 Å². The SMILES string of the molecule is COC1CCC(NC(=O)c2cccc(N)n2)C1.Cl. The molecule has 6 heteroatoms. The van der Waals surface area contributed by atoms with Gasteiger partial charge >= 0.3 is 0 Å². The van der Waals surface area contributed by atoms with Crippen LogP contribution in [0, 0.1) is 0 Å². The second kappa shape index (κ2) is 6.56. The van der Waals surface area contributed by atoms with Gasteiger partial charge in [-0.05, 0) is 31.4 Å². The van der Waals surface area contributed by atoms with Crippen molar-refractivity contribution in [2.24, 2.45) is 0 Å². The van der Waals surface area contributed by atoms with Gasteiger partial charge in [-0.25, -0.2) is 4.98 Å². The number of carbonyl (C=O) groups excluding carboxylic acids is 1. The molecule has 3 N–H and O–H groups in total. The number of methoxy groups -OCH3 is 1. The molecule has 0 spiro atoms. The monoisotopic (exact) mass is 271 g/mol. The van der Waals surface area contributed by atoms with Crippen LogP contribution in [0.15, 0.2) is 18.2 Å². The maximum absolute atomic E-state index is 11.9. The average molecular weight is 272 g/mol. The minimum atomic E-state index is -0.168. The van der Waals surface area contributed by atoms with Crippen molar-refractivity contribution in [2.45, 2.75) is 31.4 Å². The normalized spacial score (nSPS) is 22.3. The predicted molar refractivity (Wildman–Crippen MR) is 71.8 cm³/mol. The highest BCUT2D eigenvalue weighted by molar-refractivity contribution is 5.92. The quantitative estimate of drug-likeness (QED) is 0.871. The van der Waals surface area contributed by atoms with Gasteiger partial charge in [-0.1, -0.05) is 6.07 Å². The molecule has 0 saturated heterocycles. The number of pyridine rings is 1. The lowest BCUT2D eigenvalue weighted by Gasteiger charge is -2.12. The number of nitrogens with two attached hydrogens (primary N) is 1. The Kier molecular flexibility index (Phi) is 5.37. The van der Waals surface area contributed by atoms with Gasteiger partial charge in [0.2, 0.25) is 0 Å². The van der Waals surface area contributed by atoms with Crippen LogP contribution in [0.5, 0.6) is 0 Å². The Morgan fingerprint density at radius 1 is 1.50 bits per heavy atom. The van der Waals surface area contributed by atoms with Gasteiger partial charge in [0.1, 0.15) is 11.5 Å². The first kappa shape index (κ1) is 14.7. The fourth-order valence-corrected chi connectivity index (χ4v) is 2.12. The highest BCUT2D eigenvalue weighted by Gasteiger charge is 2.26. The number of anilines is 1. The standard InChI is InChI=1S/C12H17N3O2.ClH/c1-17-9-6-5-8(7-9)14-12(16)10-3-2-4-11(13)15-10;/h2-4,8-9H,5-7H2,1H3,(H2,13,15)(H,14,16);1H. The number of rotatable bonds is 3. The zero-order valence-electron chi connectivity index (χ0n) is 10.3. The number of aromatic nitrogens is 1. The molecule has 2 rings (SSSR count). The van der Waals surface area contributed by atoms with Crippen LogP contribution in [0.25, 0.3) is 0 Å². The van der Waals surface area contributed by atoms with Gasteiger partial charge in [-0.2, -0.15) is 0 Å². The van der Waals surface area contributed by atoms with Crippen molar-refractivity contribution in [1.29, 1.82) is 0 Å². The molecular weight excluding hydrogens is 254 g/mol. The molecule has 2 atom stereocenters. The van der Waals surface area contributed by atoms with Crippen molar-refractivity contribution in [1.82, 2.24) is 10.3 Å². The van der Waals surface area contributed by atoms with E-state index in [1.54, 1.807) is 25.3 Å². The summed E-state index contributed by atoms with van der Waals surface area (Å²) in [5.74, 6) is 0.192. The zero-order valence-corrected chi connectivity index (χ0v) is 11.1. The van der Waals surface area contributed by atoms with Crippen molar-refractivity contribution >= 4 is 24.1 Å². The molecule has 1 fully saturated rings. The largest absolute Gasteiger partial charge is 0.384 e. The third-order valence-electron chi connectivity index (χ3n) is 3.06. The summed E-state index contributed by atoms with van der Waals surface area (Å²) in [7, 11) is 1.70. The predicted octanol–water partition coefficient (Wildman–Crippen LogP) is 1.38. The molecule has 0 radical (unpaired) electrons. The van der Waals surface area contributed by atoms with Crippen molar-refractivity contribution in [2.75, 3.05) is 12.8 Å². The molecule has 1 saturated carbocycles. The van der Waals surface area contributed by atoms with Crippen molar-refractivity contribution in [3.63, 3.8) is 0 Å². The zero-order chi connectivity index (χ0) is 12.3. The Morgan fingerprint density at radius 2 is 2.28 bits per heavy atom. The molecule has 0 bridgehead atoms. The van der Waals surface area contributed by atoms with E-state index in [1.165, 1.54) is 0 Å². The van der Waals surface area contributed by atoms with Crippen molar-refractivity contribution in [3.05, 3.63) is 23.9 Å². The third kappa shape index (κ3) is 3.58. The number of ether oxygens (including phenoxy) is 1. The molecule has 1 aliphatic carbocycles. The van der Waals surface area contributed by atoms with Crippen LogP contribution in [0.4, 0.5) is 5.82 Å². The number of halogens is 1. The summed E-state index contributed by atoms with van der Waals surface area (Å²) in [4.78, 5) is 15.9. The van der Waals surface area contributed by atoms with E-state index in [1.807, 2.05) is 0 Å². The Hall–Kier alpha value is -1.33. The molecule has 1 amide bonds. The number of nitrogens with one attached hydrogen (secondary N) is 1. The lowest BCUT2D eigenvalue weighted by atomic mass is 10.2. The lowest BCUT2D eigenvalue weighted by molar-refractivity contribution is 0.0910. The van der Waals surface area contributed by atoms with Crippen LogP contribution in [-0.2, 0) is 4.74 Å².